The van der Waals surface area contributed by atoms with E-state index in [1.165, 1.54) is 5.56 Å². The first-order valence-electron chi connectivity index (χ1n) is 7.74. The van der Waals surface area contributed by atoms with E-state index in [2.05, 4.69) is 35.3 Å². The van der Waals surface area contributed by atoms with Crippen LogP contribution in [0.4, 0.5) is 0 Å². The monoisotopic (exact) mass is 308 g/mol. The molecule has 0 amide bonds. The molecule has 118 valence electrons. The van der Waals surface area contributed by atoms with Gasteiger partial charge in [-0.05, 0) is 36.8 Å². The Morgan fingerprint density at radius 1 is 1.09 bits per heavy atom. The molecule has 4 heteroatoms. The molecule has 1 aromatic heterocycles. The number of aryl methyl sites for hydroxylation is 1. The highest BCUT2D eigenvalue weighted by Gasteiger charge is 2.11. The molecule has 0 N–H and O–H groups in total. The van der Waals surface area contributed by atoms with Crippen LogP contribution in [0.15, 0.2) is 53.1 Å². The summed E-state index contributed by atoms with van der Waals surface area (Å²) in [7, 11) is 0. The Hall–Kier alpha value is -2.62. The highest BCUT2D eigenvalue weighted by molar-refractivity contribution is 5.55. The van der Waals surface area contributed by atoms with Gasteiger partial charge in [0.05, 0.1) is 0 Å². The van der Waals surface area contributed by atoms with Crippen molar-refractivity contribution >= 4 is 0 Å². The van der Waals surface area contributed by atoms with Crippen molar-refractivity contribution in [2.75, 3.05) is 0 Å². The third-order valence-electron chi connectivity index (χ3n) is 3.54. The fourth-order valence-electron chi connectivity index (χ4n) is 2.26. The summed E-state index contributed by atoms with van der Waals surface area (Å²) in [6, 6.07) is 16.1. The Bertz CT molecular complexity index is 776. The molecule has 0 aliphatic rings. The van der Waals surface area contributed by atoms with Crippen LogP contribution in [0.25, 0.3) is 11.4 Å². The van der Waals surface area contributed by atoms with Gasteiger partial charge in [-0.2, -0.15) is 4.98 Å². The van der Waals surface area contributed by atoms with Crippen LogP contribution in [0.3, 0.4) is 0 Å². The van der Waals surface area contributed by atoms with Crippen LogP contribution in [0.1, 0.15) is 36.8 Å². The normalized spacial score (nSPS) is 11.0. The zero-order valence-electron chi connectivity index (χ0n) is 13.6. The summed E-state index contributed by atoms with van der Waals surface area (Å²) in [5.74, 6) is 2.31. The summed E-state index contributed by atoms with van der Waals surface area (Å²) in [6.45, 7) is 6.69. The maximum absolute atomic E-state index is 5.82. The average Bonchev–Trinajstić information content (AvgIpc) is 3.04. The van der Waals surface area contributed by atoms with E-state index in [-0.39, 0.29) is 5.92 Å². The second-order valence-electron chi connectivity index (χ2n) is 5.91. The average molecular weight is 308 g/mol. The van der Waals surface area contributed by atoms with Gasteiger partial charge in [-0.15, -0.1) is 0 Å². The van der Waals surface area contributed by atoms with Gasteiger partial charge in [0.15, 0.2) is 0 Å². The minimum Gasteiger partial charge on any atom is -0.489 e. The van der Waals surface area contributed by atoms with Gasteiger partial charge < -0.3 is 9.26 Å². The fraction of sp³-hybridized carbons (Fsp3) is 0.263. The van der Waals surface area contributed by atoms with E-state index in [1.54, 1.807) is 0 Å². The van der Waals surface area contributed by atoms with Crippen LogP contribution in [0.5, 0.6) is 5.75 Å². The van der Waals surface area contributed by atoms with Crippen molar-refractivity contribution in [3.8, 4) is 17.1 Å². The van der Waals surface area contributed by atoms with Gasteiger partial charge >= 0.3 is 0 Å². The van der Waals surface area contributed by atoms with Crippen molar-refractivity contribution in [1.29, 1.82) is 0 Å². The second-order valence-corrected chi connectivity index (χ2v) is 5.91. The molecule has 0 aliphatic carbocycles. The molecule has 0 saturated heterocycles. The molecule has 0 aliphatic heterocycles. The number of ether oxygens (including phenoxy) is 1. The van der Waals surface area contributed by atoms with E-state index in [4.69, 9.17) is 9.26 Å². The van der Waals surface area contributed by atoms with Gasteiger partial charge in [-0.1, -0.05) is 48.8 Å². The molecule has 0 bridgehead atoms. The molecule has 0 fully saturated rings. The van der Waals surface area contributed by atoms with Gasteiger partial charge in [0.25, 0.3) is 0 Å². The van der Waals surface area contributed by atoms with Crippen molar-refractivity contribution in [2.45, 2.75) is 33.3 Å². The molecule has 1 heterocycles. The maximum Gasteiger partial charge on any atom is 0.229 e. The Morgan fingerprint density at radius 2 is 1.87 bits per heavy atom. The van der Waals surface area contributed by atoms with Gasteiger partial charge in [0.1, 0.15) is 12.4 Å². The van der Waals surface area contributed by atoms with E-state index in [0.29, 0.717) is 18.3 Å². The van der Waals surface area contributed by atoms with Crippen molar-refractivity contribution in [1.82, 2.24) is 10.1 Å². The molecular weight excluding hydrogens is 288 g/mol. The highest BCUT2D eigenvalue weighted by Crippen LogP contribution is 2.22. The lowest BCUT2D eigenvalue weighted by Crippen LogP contribution is -1.95. The van der Waals surface area contributed by atoms with Crippen LogP contribution in [-0.2, 0) is 6.61 Å². The fourth-order valence-corrected chi connectivity index (χ4v) is 2.26. The lowest BCUT2D eigenvalue weighted by molar-refractivity contribution is 0.306. The zero-order chi connectivity index (χ0) is 16.2. The van der Waals surface area contributed by atoms with Gasteiger partial charge in [0, 0.05) is 11.5 Å². The van der Waals surface area contributed by atoms with Crippen LogP contribution in [0, 0.1) is 6.92 Å². The van der Waals surface area contributed by atoms with E-state index in [1.807, 2.05) is 44.2 Å². The number of hydrogen-bond donors (Lipinski definition) is 0. The quantitative estimate of drug-likeness (QED) is 0.682. The van der Waals surface area contributed by atoms with Crippen LogP contribution < -0.4 is 4.74 Å². The molecule has 0 saturated carbocycles. The number of nitrogens with zero attached hydrogens (tertiary/aromatic N) is 2. The summed E-state index contributed by atoms with van der Waals surface area (Å²) in [6.07, 6.45) is 0. The third-order valence-corrected chi connectivity index (χ3v) is 3.54. The maximum atomic E-state index is 5.82. The molecule has 0 atom stereocenters. The van der Waals surface area contributed by atoms with Crippen LogP contribution in [0.2, 0.25) is 0 Å². The number of benzene rings is 2. The summed E-state index contributed by atoms with van der Waals surface area (Å²) in [4.78, 5) is 4.39. The molecule has 3 aromatic rings. The topological polar surface area (TPSA) is 48.2 Å². The molecule has 23 heavy (non-hydrogen) atoms. The van der Waals surface area contributed by atoms with E-state index >= 15 is 0 Å². The molecule has 0 unspecified atom stereocenters. The first kappa shape index (κ1) is 15.3. The molecule has 4 nitrogen and oxygen atoms in total. The van der Waals surface area contributed by atoms with Crippen LogP contribution in [-0.4, -0.2) is 10.1 Å². The summed E-state index contributed by atoms with van der Waals surface area (Å²) in [5.41, 5.74) is 3.32. The third kappa shape index (κ3) is 3.77. The van der Waals surface area contributed by atoms with Crippen molar-refractivity contribution in [3.63, 3.8) is 0 Å². The second kappa shape index (κ2) is 6.65. The summed E-state index contributed by atoms with van der Waals surface area (Å²) in [5, 5.41) is 4.01. The number of aromatic nitrogens is 2. The first-order chi connectivity index (χ1) is 11.1. The van der Waals surface area contributed by atoms with E-state index in [0.717, 1.165) is 16.9 Å². The largest absolute Gasteiger partial charge is 0.489 e. The molecular formula is C19H20N2O2. The zero-order valence-corrected chi connectivity index (χ0v) is 13.6. The van der Waals surface area contributed by atoms with Crippen molar-refractivity contribution in [2.24, 2.45) is 0 Å². The van der Waals surface area contributed by atoms with Crippen LogP contribution >= 0.6 is 0 Å². The predicted octanol–water partition coefficient (Wildman–Crippen LogP) is 4.75. The Kier molecular flexibility index (Phi) is 4.42. The molecule has 0 radical (unpaired) electrons. The molecule has 0 spiro atoms. The Labute approximate surface area is 136 Å². The van der Waals surface area contributed by atoms with E-state index < -0.39 is 0 Å². The predicted molar refractivity (Wildman–Crippen MR) is 89.3 cm³/mol. The number of rotatable bonds is 5. The minimum atomic E-state index is 0.230. The first-order valence-corrected chi connectivity index (χ1v) is 7.74. The number of hydrogen-bond acceptors (Lipinski definition) is 4. The SMILES string of the molecule is Cc1cccc(COc2ccc(-c3noc(C(C)C)n3)cc2)c1. The highest BCUT2D eigenvalue weighted by atomic mass is 16.5. The Balaban J connectivity index is 1.67. The lowest BCUT2D eigenvalue weighted by atomic mass is 10.1. The van der Waals surface area contributed by atoms with Crippen molar-refractivity contribution in [3.05, 3.63) is 65.5 Å². The minimum absolute atomic E-state index is 0.230. The molecule has 2 aromatic carbocycles. The smallest absolute Gasteiger partial charge is 0.229 e. The lowest BCUT2D eigenvalue weighted by Gasteiger charge is -2.07. The Morgan fingerprint density at radius 3 is 2.52 bits per heavy atom. The van der Waals surface area contributed by atoms with Crippen molar-refractivity contribution < 1.29 is 9.26 Å². The van der Waals surface area contributed by atoms with Gasteiger partial charge in [-0.25, -0.2) is 0 Å². The molecule has 3 rings (SSSR count). The standard InChI is InChI=1S/C19H20N2O2/c1-13(2)19-20-18(21-23-19)16-7-9-17(10-8-16)22-12-15-6-4-5-14(3)11-15/h4-11,13H,12H2,1-3H3. The van der Waals surface area contributed by atoms with E-state index in [9.17, 15) is 0 Å². The summed E-state index contributed by atoms with van der Waals surface area (Å²) < 4.78 is 11.1. The van der Waals surface area contributed by atoms with Gasteiger partial charge in [-0.3, -0.25) is 0 Å². The summed E-state index contributed by atoms with van der Waals surface area (Å²) >= 11 is 0. The van der Waals surface area contributed by atoms with Gasteiger partial charge in [0.2, 0.25) is 11.7 Å².